The highest BCUT2D eigenvalue weighted by Gasteiger charge is 2.43. The van der Waals surface area contributed by atoms with Gasteiger partial charge in [0.2, 0.25) is 0 Å². The van der Waals surface area contributed by atoms with Crippen molar-refractivity contribution in [2.45, 2.75) is 43.6 Å². The second-order valence-corrected chi connectivity index (χ2v) is 7.64. The number of aromatic hydroxyl groups is 1. The van der Waals surface area contributed by atoms with Crippen LogP contribution < -0.4 is 10.2 Å². The lowest BCUT2D eigenvalue weighted by Gasteiger charge is -2.38. The number of phenolic OH excluding ortho intramolecular Hbond substituents is 1. The second kappa shape index (κ2) is 6.63. The van der Waals surface area contributed by atoms with Crippen molar-refractivity contribution < 1.29 is 9.50 Å². The Kier molecular flexibility index (Phi) is 4.08. The summed E-state index contributed by atoms with van der Waals surface area (Å²) in [5.41, 5.74) is 1.74. The Labute approximate surface area is 161 Å². The van der Waals surface area contributed by atoms with Crippen LogP contribution in [0.15, 0.2) is 36.5 Å². The van der Waals surface area contributed by atoms with E-state index < -0.39 is 6.17 Å². The molecule has 3 aromatic rings. The number of halogens is 1. The number of piperidine rings is 1. The highest BCUT2D eigenvalue weighted by molar-refractivity contribution is 5.86. The molecule has 5 rings (SSSR count). The SMILES string of the molecule is CN(c1ccc(-c2cc3nnccc3cc2O)nn1)[C@@H]1C[C@H]2CC[C@H](N2)[C@@H]1F. The summed E-state index contributed by atoms with van der Waals surface area (Å²) in [5, 5.41) is 31.0. The van der Waals surface area contributed by atoms with Crippen LogP contribution >= 0.6 is 0 Å². The van der Waals surface area contributed by atoms with Crippen molar-refractivity contribution in [3.05, 3.63) is 36.5 Å². The van der Waals surface area contributed by atoms with Gasteiger partial charge in [0.05, 0.1) is 23.4 Å². The molecule has 144 valence electrons. The smallest absolute Gasteiger partial charge is 0.151 e. The predicted octanol–water partition coefficient (Wildman–Crippen LogP) is 2.46. The van der Waals surface area contributed by atoms with Crippen molar-refractivity contribution in [2.24, 2.45) is 0 Å². The van der Waals surface area contributed by atoms with Crippen molar-refractivity contribution in [1.29, 1.82) is 0 Å². The van der Waals surface area contributed by atoms with E-state index in [1.165, 1.54) is 0 Å². The molecule has 4 heterocycles. The average Bonchev–Trinajstić information content (AvgIpc) is 3.13. The number of hydrogen-bond acceptors (Lipinski definition) is 7. The third-order valence-corrected chi connectivity index (χ3v) is 5.97. The van der Waals surface area contributed by atoms with Crippen molar-refractivity contribution in [3.63, 3.8) is 0 Å². The van der Waals surface area contributed by atoms with Crippen LogP contribution in [0.25, 0.3) is 22.2 Å². The highest BCUT2D eigenvalue weighted by Crippen LogP contribution is 2.34. The number of fused-ring (bicyclic) bond motifs is 3. The number of aromatic nitrogens is 4. The lowest BCUT2D eigenvalue weighted by molar-refractivity contribution is 0.176. The summed E-state index contributed by atoms with van der Waals surface area (Å²) in [4.78, 5) is 1.89. The molecule has 2 aromatic heterocycles. The van der Waals surface area contributed by atoms with Crippen molar-refractivity contribution in [3.8, 4) is 17.0 Å². The molecule has 2 aliphatic heterocycles. The van der Waals surface area contributed by atoms with Crippen LogP contribution in [0.4, 0.5) is 10.2 Å². The zero-order valence-corrected chi connectivity index (χ0v) is 15.5. The number of phenols is 1. The molecule has 28 heavy (non-hydrogen) atoms. The molecular formula is C20H21FN6O. The number of nitrogens with one attached hydrogen (secondary N) is 1. The fourth-order valence-electron chi connectivity index (χ4n) is 4.40. The van der Waals surface area contributed by atoms with Crippen molar-refractivity contribution >= 4 is 16.7 Å². The number of alkyl halides is 1. The predicted molar refractivity (Wildman–Crippen MR) is 104 cm³/mol. The maximum Gasteiger partial charge on any atom is 0.151 e. The number of hydrogen-bond donors (Lipinski definition) is 2. The fraction of sp³-hybridized carbons (Fsp3) is 0.400. The largest absolute Gasteiger partial charge is 0.507 e. The third kappa shape index (κ3) is 2.84. The molecule has 0 spiro atoms. The molecule has 0 saturated carbocycles. The van der Waals surface area contributed by atoms with Gasteiger partial charge < -0.3 is 15.3 Å². The Balaban J connectivity index is 1.42. The zero-order valence-electron chi connectivity index (χ0n) is 15.5. The van der Waals surface area contributed by atoms with E-state index in [1.807, 2.05) is 18.0 Å². The maximum absolute atomic E-state index is 14.8. The number of nitrogens with zero attached hydrogens (tertiary/aromatic N) is 5. The Morgan fingerprint density at radius 3 is 2.86 bits per heavy atom. The Morgan fingerprint density at radius 1 is 1.14 bits per heavy atom. The van der Waals surface area contributed by atoms with Gasteiger partial charge in [-0.15, -0.1) is 10.2 Å². The minimum absolute atomic E-state index is 0.0610. The van der Waals surface area contributed by atoms with Crippen LogP contribution in [0.3, 0.4) is 0 Å². The fourth-order valence-corrected chi connectivity index (χ4v) is 4.40. The molecule has 2 saturated heterocycles. The van der Waals surface area contributed by atoms with Gasteiger partial charge in [-0.1, -0.05) is 0 Å². The van der Waals surface area contributed by atoms with Crippen LogP contribution in [0.2, 0.25) is 0 Å². The molecule has 7 nitrogen and oxygen atoms in total. The standard InChI is InChI=1S/C20H21FN6O/c1-27(17-9-12-2-3-15(23-12)20(17)21)19-5-4-14(25-26-19)13-10-16-11(8-18(13)28)6-7-22-24-16/h4-8,10,12,15,17,20,23,28H,2-3,9H2,1H3/t12-,15+,17-,20+/m1/s1. The first-order valence-electron chi connectivity index (χ1n) is 9.51. The summed E-state index contributed by atoms with van der Waals surface area (Å²) in [6.45, 7) is 0. The average molecular weight is 380 g/mol. The molecule has 2 fully saturated rings. The monoisotopic (exact) mass is 380 g/mol. The molecule has 2 N–H and O–H groups in total. The molecule has 2 bridgehead atoms. The Hall–Kier alpha value is -2.87. The van der Waals surface area contributed by atoms with E-state index in [1.54, 1.807) is 30.5 Å². The normalized spacial score (nSPS) is 26.5. The van der Waals surface area contributed by atoms with Crippen LogP contribution in [-0.4, -0.2) is 56.8 Å². The third-order valence-electron chi connectivity index (χ3n) is 5.97. The molecule has 4 atom stereocenters. The summed E-state index contributed by atoms with van der Waals surface area (Å²) in [6.07, 6.45) is 3.35. The van der Waals surface area contributed by atoms with Gasteiger partial charge in [-0.3, -0.25) is 0 Å². The Bertz CT molecular complexity index is 1010. The summed E-state index contributed by atoms with van der Waals surface area (Å²) in [5.74, 6) is 0.729. The lowest BCUT2D eigenvalue weighted by atomic mass is 9.96. The summed E-state index contributed by atoms with van der Waals surface area (Å²) in [7, 11) is 1.87. The molecule has 0 amide bonds. The van der Waals surface area contributed by atoms with Crippen LogP contribution in [0.5, 0.6) is 5.75 Å². The topological polar surface area (TPSA) is 87.1 Å². The van der Waals surface area contributed by atoms with Gasteiger partial charge in [-0.2, -0.15) is 10.2 Å². The van der Waals surface area contributed by atoms with Gasteiger partial charge in [-0.05, 0) is 49.6 Å². The van der Waals surface area contributed by atoms with Crippen molar-refractivity contribution in [2.75, 3.05) is 11.9 Å². The number of benzene rings is 1. The number of anilines is 1. The first kappa shape index (κ1) is 17.2. The molecule has 0 aliphatic carbocycles. The van der Waals surface area contributed by atoms with E-state index in [4.69, 9.17) is 0 Å². The van der Waals surface area contributed by atoms with Gasteiger partial charge in [0, 0.05) is 30.1 Å². The molecular weight excluding hydrogens is 359 g/mol. The first-order chi connectivity index (χ1) is 13.6. The summed E-state index contributed by atoms with van der Waals surface area (Å²) in [6, 6.07) is 8.89. The van der Waals surface area contributed by atoms with E-state index >= 15 is 0 Å². The van der Waals surface area contributed by atoms with Crippen LogP contribution in [0.1, 0.15) is 19.3 Å². The van der Waals surface area contributed by atoms with Crippen molar-refractivity contribution in [1.82, 2.24) is 25.7 Å². The molecule has 0 radical (unpaired) electrons. The first-order valence-corrected chi connectivity index (χ1v) is 9.51. The van der Waals surface area contributed by atoms with E-state index in [2.05, 4.69) is 25.7 Å². The number of rotatable bonds is 3. The Morgan fingerprint density at radius 2 is 2.04 bits per heavy atom. The quantitative estimate of drug-likeness (QED) is 0.722. The molecule has 2 aliphatic rings. The van der Waals surface area contributed by atoms with Gasteiger partial charge in [0.15, 0.2) is 5.82 Å². The summed E-state index contributed by atoms with van der Waals surface area (Å²) >= 11 is 0. The molecule has 8 heteroatoms. The molecule has 0 unspecified atom stereocenters. The van der Waals surface area contributed by atoms with E-state index in [0.717, 1.165) is 24.6 Å². The van der Waals surface area contributed by atoms with Gasteiger partial charge in [0.1, 0.15) is 11.9 Å². The van der Waals surface area contributed by atoms with Gasteiger partial charge in [0.25, 0.3) is 0 Å². The summed E-state index contributed by atoms with van der Waals surface area (Å²) < 4.78 is 14.8. The zero-order chi connectivity index (χ0) is 19.3. The maximum atomic E-state index is 14.8. The highest BCUT2D eigenvalue weighted by atomic mass is 19.1. The second-order valence-electron chi connectivity index (χ2n) is 7.64. The molecule has 1 aromatic carbocycles. The van der Waals surface area contributed by atoms with Crippen LogP contribution in [-0.2, 0) is 0 Å². The minimum atomic E-state index is -0.923. The minimum Gasteiger partial charge on any atom is -0.507 e. The lowest BCUT2D eigenvalue weighted by Crippen LogP contribution is -2.55. The van der Waals surface area contributed by atoms with E-state index in [0.29, 0.717) is 28.6 Å². The van der Waals surface area contributed by atoms with E-state index in [9.17, 15) is 9.50 Å². The van der Waals surface area contributed by atoms with E-state index in [-0.39, 0.29) is 17.8 Å². The van der Waals surface area contributed by atoms with Gasteiger partial charge in [-0.25, -0.2) is 4.39 Å². The van der Waals surface area contributed by atoms with Crippen LogP contribution in [0, 0.1) is 0 Å². The van der Waals surface area contributed by atoms with Gasteiger partial charge >= 0.3 is 0 Å².